The second-order valence-electron chi connectivity index (χ2n) is 8.00. The fourth-order valence-electron chi connectivity index (χ4n) is 3.64. The molecule has 134 valence electrons. The summed E-state index contributed by atoms with van der Waals surface area (Å²) in [6.45, 7) is 13.7. The molecule has 0 radical (unpaired) electrons. The highest BCUT2D eigenvalue weighted by atomic mass is 32.2. The molecule has 0 aromatic heterocycles. The minimum Gasteiger partial charge on any atom is -0.378 e. The Morgan fingerprint density at radius 3 is 1.75 bits per heavy atom. The first kappa shape index (κ1) is 17.9. The molecule has 3 rings (SSSR count). The second-order valence-corrected chi connectivity index (χ2v) is 9.78. The van der Waals surface area contributed by atoms with E-state index in [9.17, 15) is 8.42 Å². The standard InChI is InChI=1S/C19H29NO3S/c1-11(2)14-7-15(12(3)4)19(16(8-14)13(5)6)24(21,22)20-17-9-23-10-18(17)20/h7-8,11-13,17-18H,9-10H2,1-6H3. The molecule has 0 amide bonds. The first-order valence-corrected chi connectivity index (χ1v) is 10.4. The van der Waals surface area contributed by atoms with Crippen LogP contribution in [0, 0.1) is 0 Å². The third-order valence-corrected chi connectivity index (χ3v) is 7.28. The molecule has 1 aromatic rings. The van der Waals surface area contributed by atoms with Crippen molar-refractivity contribution in [2.24, 2.45) is 0 Å². The van der Waals surface area contributed by atoms with Gasteiger partial charge in [0.05, 0.1) is 30.2 Å². The van der Waals surface area contributed by atoms with E-state index < -0.39 is 10.0 Å². The number of nitrogens with zero attached hydrogens (tertiary/aromatic N) is 1. The monoisotopic (exact) mass is 351 g/mol. The molecule has 0 bridgehead atoms. The predicted octanol–water partition coefficient (Wildman–Crippen LogP) is 3.83. The third-order valence-electron chi connectivity index (χ3n) is 5.20. The maximum atomic E-state index is 13.4. The van der Waals surface area contributed by atoms with Crippen LogP contribution in [0.2, 0.25) is 0 Å². The Bertz CT molecular complexity index is 698. The van der Waals surface area contributed by atoms with Gasteiger partial charge in [-0.05, 0) is 34.4 Å². The van der Waals surface area contributed by atoms with Gasteiger partial charge in [-0.2, -0.15) is 4.31 Å². The number of morpholine rings is 1. The lowest BCUT2D eigenvalue weighted by Gasteiger charge is -2.23. The highest BCUT2D eigenvalue weighted by Crippen LogP contribution is 2.44. The zero-order valence-electron chi connectivity index (χ0n) is 15.5. The Labute approximate surface area is 146 Å². The van der Waals surface area contributed by atoms with Gasteiger partial charge in [-0.3, -0.25) is 0 Å². The van der Waals surface area contributed by atoms with E-state index in [0.29, 0.717) is 24.0 Å². The molecule has 2 heterocycles. The summed E-state index contributed by atoms with van der Waals surface area (Å²) in [5.74, 6) is 0.717. The minimum atomic E-state index is -3.47. The number of ether oxygens (including phenoxy) is 1. The largest absolute Gasteiger partial charge is 0.378 e. The summed E-state index contributed by atoms with van der Waals surface area (Å²) < 4.78 is 33.9. The quantitative estimate of drug-likeness (QED) is 0.758. The zero-order chi connectivity index (χ0) is 17.8. The summed E-state index contributed by atoms with van der Waals surface area (Å²) in [4.78, 5) is 0.548. The van der Waals surface area contributed by atoms with Gasteiger partial charge in [0.25, 0.3) is 0 Å². The average molecular weight is 352 g/mol. The molecule has 2 atom stereocenters. The lowest BCUT2D eigenvalue weighted by molar-refractivity contribution is 0.155. The van der Waals surface area contributed by atoms with Crippen LogP contribution in [0.5, 0.6) is 0 Å². The Morgan fingerprint density at radius 1 is 0.917 bits per heavy atom. The minimum absolute atomic E-state index is 0.0415. The van der Waals surface area contributed by atoms with Gasteiger partial charge in [0, 0.05) is 0 Å². The third kappa shape index (κ3) is 2.80. The van der Waals surface area contributed by atoms with Gasteiger partial charge in [-0.15, -0.1) is 0 Å². The maximum absolute atomic E-state index is 13.4. The second kappa shape index (κ2) is 6.11. The van der Waals surface area contributed by atoms with Crippen molar-refractivity contribution < 1.29 is 13.2 Å². The molecule has 0 spiro atoms. The van der Waals surface area contributed by atoms with Gasteiger partial charge >= 0.3 is 0 Å². The number of fused-ring (bicyclic) bond motifs is 1. The summed E-state index contributed by atoms with van der Waals surface area (Å²) in [5, 5.41) is 0. The Balaban J connectivity index is 2.18. The first-order valence-electron chi connectivity index (χ1n) is 8.95. The highest BCUT2D eigenvalue weighted by molar-refractivity contribution is 7.89. The topological polar surface area (TPSA) is 46.4 Å². The van der Waals surface area contributed by atoms with E-state index in [2.05, 4.69) is 53.7 Å². The molecule has 2 saturated heterocycles. The lowest BCUT2D eigenvalue weighted by atomic mass is 9.89. The summed E-state index contributed by atoms with van der Waals surface area (Å²) in [6.07, 6.45) is 0. The molecule has 2 aliphatic rings. The van der Waals surface area contributed by atoms with Crippen molar-refractivity contribution in [2.45, 2.75) is 76.3 Å². The SMILES string of the molecule is CC(C)c1cc(C(C)C)c(S(=O)(=O)N2C3COCC32)c(C(C)C)c1. The number of hydrogen-bond donors (Lipinski definition) is 0. The van der Waals surface area contributed by atoms with Gasteiger partial charge < -0.3 is 4.74 Å². The van der Waals surface area contributed by atoms with Crippen LogP contribution in [0.4, 0.5) is 0 Å². The van der Waals surface area contributed by atoms with Crippen LogP contribution >= 0.6 is 0 Å². The number of hydrogen-bond acceptors (Lipinski definition) is 3. The fraction of sp³-hybridized carbons (Fsp3) is 0.684. The van der Waals surface area contributed by atoms with Gasteiger partial charge in [0.2, 0.25) is 10.0 Å². The molecule has 4 nitrogen and oxygen atoms in total. The smallest absolute Gasteiger partial charge is 0.244 e. The maximum Gasteiger partial charge on any atom is 0.244 e. The number of rotatable bonds is 5. The zero-order valence-corrected chi connectivity index (χ0v) is 16.4. The number of benzene rings is 1. The van der Waals surface area contributed by atoms with Crippen molar-refractivity contribution >= 4 is 10.0 Å². The van der Waals surface area contributed by atoms with E-state index in [-0.39, 0.29) is 23.9 Å². The molecule has 2 unspecified atom stereocenters. The van der Waals surface area contributed by atoms with Crippen molar-refractivity contribution in [3.05, 3.63) is 28.8 Å². The van der Waals surface area contributed by atoms with Crippen LogP contribution in [0.15, 0.2) is 17.0 Å². The van der Waals surface area contributed by atoms with Crippen LogP contribution < -0.4 is 0 Å². The molecular formula is C19H29NO3S. The summed E-state index contributed by atoms with van der Waals surface area (Å²) >= 11 is 0. The Kier molecular flexibility index (Phi) is 4.56. The van der Waals surface area contributed by atoms with Crippen LogP contribution in [0.3, 0.4) is 0 Å². The summed E-state index contributed by atoms with van der Waals surface area (Å²) in [7, 11) is -3.47. The van der Waals surface area contributed by atoms with Gasteiger partial charge in [0.1, 0.15) is 0 Å². The molecule has 0 aliphatic carbocycles. The molecule has 1 aromatic carbocycles. The van der Waals surface area contributed by atoms with Crippen LogP contribution in [-0.4, -0.2) is 38.0 Å². The van der Waals surface area contributed by atoms with Gasteiger partial charge in [0.15, 0.2) is 0 Å². The molecule has 24 heavy (non-hydrogen) atoms. The van der Waals surface area contributed by atoms with E-state index in [1.165, 1.54) is 5.56 Å². The van der Waals surface area contributed by atoms with E-state index >= 15 is 0 Å². The van der Waals surface area contributed by atoms with Crippen molar-refractivity contribution in [3.63, 3.8) is 0 Å². The van der Waals surface area contributed by atoms with Crippen LogP contribution in [0.1, 0.15) is 76.0 Å². The van der Waals surface area contributed by atoms with Gasteiger partial charge in [-0.1, -0.05) is 53.7 Å². The molecule has 0 saturated carbocycles. The molecular weight excluding hydrogens is 322 g/mol. The first-order chi connectivity index (χ1) is 11.2. The van der Waals surface area contributed by atoms with E-state index in [0.717, 1.165) is 11.1 Å². The summed E-state index contributed by atoms with van der Waals surface area (Å²) in [5.41, 5.74) is 3.13. The van der Waals surface area contributed by atoms with Gasteiger partial charge in [-0.25, -0.2) is 8.42 Å². The Morgan fingerprint density at radius 2 is 1.38 bits per heavy atom. The normalized spacial score (nSPS) is 26.5. The van der Waals surface area contributed by atoms with E-state index in [4.69, 9.17) is 4.74 Å². The Hall–Kier alpha value is -0.910. The molecule has 2 aliphatic heterocycles. The van der Waals surface area contributed by atoms with Crippen LogP contribution in [0.25, 0.3) is 0 Å². The van der Waals surface area contributed by atoms with Crippen molar-refractivity contribution in [2.75, 3.05) is 13.2 Å². The molecule has 2 fully saturated rings. The summed E-state index contributed by atoms with van der Waals surface area (Å²) in [6, 6.07) is 4.29. The average Bonchev–Trinajstić information content (AvgIpc) is 3.01. The van der Waals surface area contributed by atoms with Crippen molar-refractivity contribution in [1.82, 2.24) is 4.31 Å². The van der Waals surface area contributed by atoms with Crippen molar-refractivity contribution in [3.8, 4) is 0 Å². The molecule has 5 heteroatoms. The predicted molar refractivity (Wildman–Crippen MR) is 96.1 cm³/mol. The molecule has 0 N–H and O–H groups in total. The van der Waals surface area contributed by atoms with Crippen LogP contribution in [-0.2, 0) is 14.8 Å². The highest BCUT2D eigenvalue weighted by Gasteiger charge is 2.59. The lowest BCUT2D eigenvalue weighted by Crippen LogP contribution is -2.24. The number of sulfonamides is 1. The van der Waals surface area contributed by atoms with Crippen molar-refractivity contribution in [1.29, 1.82) is 0 Å². The van der Waals surface area contributed by atoms with E-state index in [1.54, 1.807) is 4.31 Å². The fourth-order valence-corrected chi connectivity index (χ4v) is 6.09. The van der Waals surface area contributed by atoms with E-state index in [1.807, 2.05) is 0 Å².